The minimum Gasteiger partial charge on any atom is -0.384 e. The fourth-order valence-corrected chi connectivity index (χ4v) is 1.29. The number of nitrogens with two attached hydrogens (primary N) is 1. The van der Waals surface area contributed by atoms with E-state index in [9.17, 15) is 0 Å². The van der Waals surface area contributed by atoms with Gasteiger partial charge in [0.25, 0.3) is 0 Å². The van der Waals surface area contributed by atoms with Gasteiger partial charge in [0.2, 0.25) is 0 Å². The van der Waals surface area contributed by atoms with Crippen LogP contribution in [-0.2, 0) is 0 Å². The standard InChI is InChI=1S/C7H8N4S/c1-2-12-7-10-5(4-8)3-6(9)11-7/h3H,2H2,1H3,(H2,9,10,11). The predicted molar refractivity (Wildman–Crippen MR) is 47.6 cm³/mol. The maximum atomic E-state index is 8.55. The number of aromatic nitrogens is 2. The Morgan fingerprint density at radius 1 is 1.67 bits per heavy atom. The normalized spacial score (nSPS) is 9.33. The molecule has 0 aliphatic heterocycles. The minimum atomic E-state index is 0.318. The van der Waals surface area contributed by atoms with Crippen molar-refractivity contribution >= 4 is 17.6 Å². The molecule has 62 valence electrons. The molecular weight excluding hydrogens is 172 g/mol. The van der Waals surface area contributed by atoms with Gasteiger partial charge in [0.1, 0.15) is 17.6 Å². The molecule has 0 fully saturated rings. The van der Waals surface area contributed by atoms with Crippen molar-refractivity contribution in [2.45, 2.75) is 12.1 Å². The summed E-state index contributed by atoms with van der Waals surface area (Å²) >= 11 is 1.47. The Morgan fingerprint density at radius 2 is 2.42 bits per heavy atom. The van der Waals surface area contributed by atoms with Crippen molar-refractivity contribution in [3.63, 3.8) is 0 Å². The molecule has 12 heavy (non-hydrogen) atoms. The van der Waals surface area contributed by atoms with Gasteiger partial charge < -0.3 is 5.73 Å². The number of nitrogen functional groups attached to an aromatic ring is 1. The van der Waals surface area contributed by atoms with Gasteiger partial charge in [-0.3, -0.25) is 0 Å². The SMILES string of the molecule is CCSc1nc(N)cc(C#N)n1. The number of hydrogen-bond donors (Lipinski definition) is 1. The topological polar surface area (TPSA) is 75.6 Å². The molecule has 2 N–H and O–H groups in total. The maximum absolute atomic E-state index is 8.55. The lowest BCUT2D eigenvalue weighted by Gasteiger charge is -1.98. The summed E-state index contributed by atoms with van der Waals surface area (Å²) in [6.45, 7) is 1.99. The molecule has 0 radical (unpaired) electrons. The highest BCUT2D eigenvalue weighted by molar-refractivity contribution is 7.99. The van der Waals surface area contributed by atoms with Gasteiger partial charge in [0.15, 0.2) is 5.16 Å². The van der Waals surface area contributed by atoms with Gasteiger partial charge in [-0.25, -0.2) is 9.97 Å². The Bertz CT molecular complexity index is 318. The monoisotopic (exact) mass is 180 g/mol. The Hall–Kier alpha value is -1.28. The number of hydrogen-bond acceptors (Lipinski definition) is 5. The molecule has 0 unspecified atom stereocenters. The van der Waals surface area contributed by atoms with Crippen LogP contribution in [0, 0.1) is 11.3 Å². The molecule has 1 heterocycles. The first-order valence-corrected chi connectivity index (χ1v) is 4.42. The summed E-state index contributed by atoms with van der Waals surface area (Å²) in [6, 6.07) is 3.38. The van der Waals surface area contributed by atoms with Crippen molar-refractivity contribution in [3.8, 4) is 6.07 Å². The first-order chi connectivity index (χ1) is 5.76. The fourth-order valence-electron chi connectivity index (χ4n) is 0.694. The molecular formula is C7H8N4S. The number of thioether (sulfide) groups is 1. The molecule has 4 nitrogen and oxygen atoms in total. The molecule has 1 aromatic heterocycles. The zero-order valence-corrected chi connectivity index (χ0v) is 7.43. The molecule has 0 atom stereocenters. The third-order valence-corrected chi connectivity index (χ3v) is 1.84. The van der Waals surface area contributed by atoms with E-state index in [2.05, 4.69) is 9.97 Å². The zero-order valence-electron chi connectivity index (χ0n) is 6.61. The van der Waals surface area contributed by atoms with E-state index in [-0.39, 0.29) is 0 Å². The van der Waals surface area contributed by atoms with E-state index in [4.69, 9.17) is 11.0 Å². The summed E-state index contributed by atoms with van der Waals surface area (Å²) in [4.78, 5) is 7.90. The highest BCUT2D eigenvalue weighted by Crippen LogP contribution is 2.13. The van der Waals surface area contributed by atoms with E-state index in [0.717, 1.165) is 5.75 Å². The quantitative estimate of drug-likeness (QED) is 0.543. The fraction of sp³-hybridized carbons (Fsp3) is 0.286. The van der Waals surface area contributed by atoms with Crippen molar-refractivity contribution in [2.75, 3.05) is 11.5 Å². The Morgan fingerprint density at radius 3 is 3.00 bits per heavy atom. The molecule has 0 spiro atoms. The summed E-state index contributed by atoms with van der Waals surface area (Å²) < 4.78 is 0. The first kappa shape index (κ1) is 8.81. The zero-order chi connectivity index (χ0) is 8.97. The lowest BCUT2D eigenvalue weighted by molar-refractivity contribution is 0.961. The lowest BCUT2D eigenvalue weighted by atomic mass is 10.4. The van der Waals surface area contributed by atoms with Crippen LogP contribution in [0.1, 0.15) is 12.6 Å². The van der Waals surface area contributed by atoms with Gasteiger partial charge in [0, 0.05) is 6.07 Å². The second kappa shape index (κ2) is 3.93. The molecule has 1 aromatic rings. The molecule has 0 amide bonds. The van der Waals surface area contributed by atoms with E-state index in [1.165, 1.54) is 17.8 Å². The average Bonchev–Trinajstić information content (AvgIpc) is 2.04. The summed E-state index contributed by atoms with van der Waals surface area (Å²) in [5.41, 5.74) is 5.77. The molecule has 0 aliphatic rings. The van der Waals surface area contributed by atoms with Crippen LogP contribution < -0.4 is 5.73 Å². The van der Waals surface area contributed by atoms with E-state index >= 15 is 0 Å². The van der Waals surface area contributed by atoms with Gasteiger partial charge in [-0.1, -0.05) is 18.7 Å². The summed E-state index contributed by atoms with van der Waals surface area (Å²) in [5.74, 6) is 1.21. The van der Waals surface area contributed by atoms with Crippen molar-refractivity contribution in [3.05, 3.63) is 11.8 Å². The van der Waals surface area contributed by atoms with Gasteiger partial charge in [0.05, 0.1) is 0 Å². The van der Waals surface area contributed by atoms with Crippen LogP contribution in [0.2, 0.25) is 0 Å². The molecule has 0 aliphatic carbocycles. The molecule has 5 heteroatoms. The molecule has 1 rings (SSSR count). The van der Waals surface area contributed by atoms with Gasteiger partial charge in [-0.2, -0.15) is 5.26 Å². The number of nitriles is 1. The van der Waals surface area contributed by atoms with Crippen LogP contribution in [0.15, 0.2) is 11.2 Å². The van der Waals surface area contributed by atoms with Crippen LogP contribution in [0.25, 0.3) is 0 Å². The maximum Gasteiger partial charge on any atom is 0.190 e. The number of rotatable bonds is 2. The van der Waals surface area contributed by atoms with Crippen LogP contribution in [0.3, 0.4) is 0 Å². The van der Waals surface area contributed by atoms with Gasteiger partial charge >= 0.3 is 0 Å². The predicted octanol–water partition coefficient (Wildman–Crippen LogP) is 1.04. The van der Waals surface area contributed by atoms with Crippen LogP contribution in [0.4, 0.5) is 5.82 Å². The lowest BCUT2D eigenvalue weighted by Crippen LogP contribution is -1.96. The Balaban J connectivity index is 3.00. The minimum absolute atomic E-state index is 0.318. The van der Waals surface area contributed by atoms with Crippen LogP contribution in [0.5, 0.6) is 0 Å². The highest BCUT2D eigenvalue weighted by atomic mass is 32.2. The van der Waals surface area contributed by atoms with E-state index in [1.807, 2.05) is 13.0 Å². The van der Waals surface area contributed by atoms with Crippen molar-refractivity contribution in [2.24, 2.45) is 0 Å². The largest absolute Gasteiger partial charge is 0.384 e. The average molecular weight is 180 g/mol. The molecule has 0 saturated heterocycles. The molecule has 0 bridgehead atoms. The number of nitrogens with zero attached hydrogens (tertiary/aromatic N) is 3. The molecule has 0 aromatic carbocycles. The smallest absolute Gasteiger partial charge is 0.190 e. The third-order valence-electron chi connectivity index (χ3n) is 1.11. The second-order valence-corrected chi connectivity index (χ2v) is 3.24. The summed E-state index contributed by atoms with van der Waals surface area (Å²) in [6.07, 6.45) is 0. The van der Waals surface area contributed by atoms with Gasteiger partial charge in [-0.15, -0.1) is 0 Å². The van der Waals surface area contributed by atoms with E-state index < -0.39 is 0 Å². The first-order valence-electron chi connectivity index (χ1n) is 3.43. The van der Waals surface area contributed by atoms with E-state index in [0.29, 0.717) is 16.7 Å². The highest BCUT2D eigenvalue weighted by Gasteiger charge is 2.00. The Labute approximate surface area is 74.8 Å². The van der Waals surface area contributed by atoms with Crippen molar-refractivity contribution < 1.29 is 0 Å². The summed E-state index contributed by atoms with van der Waals surface area (Å²) in [5, 5.41) is 9.11. The second-order valence-electron chi connectivity index (χ2n) is 2.01. The third kappa shape index (κ3) is 2.10. The Kier molecular flexibility index (Phi) is 2.88. The van der Waals surface area contributed by atoms with Crippen molar-refractivity contribution in [1.29, 1.82) is 5.26 Å². The van der Waals surface area contributed by atoms with Crippen LogP contribution >= 0.6 is 11.8 Å². The number of anilines is 1. The van der Waals surface area contributed by atoms with Crippen LogP contribution in [-0.4, -0.2) is 15.7 Å². The van der Waals surface area contributed by atoms with Crippen molar-refractivity contribution in [1.82, 2.24) is 9.97 Å². The summed E-state index contributed by atoms with van der Waals surface area (Å²) in [7, 11) is 0. The van der Waals surface area contributed by atoms with E-state index in [1.54, 1.807) is 0 Å². The van der Waals surface area contributed by atoms with Gasteiger partial charge in [-0.05, 0) is 5.75 Å². The molecule has 0 saturated carbocycles.